The standard InChI is InChI=1S/C19H18F2N2.C2H2O4/c20-17-5-1-14(2-6-17)19(13-22,16-9-11-23-12-10-16)15-3-7-18(21)8-4-15;3-1(4)2(5)6/h1-8,16,23H,9-12H2;(H,3,4)(H,5,6). The molecule has 3 rings (SSSR count). The Morgan fingerprint density at radius 2 is 1.28 bits per heavy atom. The molecule has 0 aliphatic carbocycles. The van der Waals surface area contributed by atoms with Crippen molar-refractivity contribution in [3.63, 3.8) is 0 Å². The fourth-order valence-corrected chi connectivity index (χ4v) is 3.54. The van der Waals surface area contributed by atoms with Crippen LogP contribution < -0.4 is 5.32 Å². The Kier molecular flexibility index (Phi) is 7.39. The Morgan fingerprint density at radius 1 is 0.897 bits per heavy atom. The maximum atomic E-state index is 13.3. The molecule has 0 saturated carbocycles. The van der Waals surface area contributed by atoms with Crippen molar-refractivity contribution in [1.29, 1.82) is 5.26 Å². The first-order valence-corrected chi connectivity index (χ1v) is 8.91. The molecule has 0 unspecified atom stereocenters. The highest BCUT2D eigenvalue weighted by molar-refractivity contribution is 6.27. The first-order chi connectivity index (χ1) is 13.8. The van der Waals surface area contributed by atoms with E-state index in [0.717, 1.165) is 37.1 Å². The SMILES string of the molecule is N#CC(c1ccc(F)cc1)(c1ccc(F)cc1)C1CCNCC1.O=C(O)C(=O)O. The minimum Gasteiger partial charge on any atom is -0.473 e. The van der Waals surface area contributed by atoms with Gasteiger partial charge in [-0.25, -0.2) is 18.4 Å². The molecule has 1 heterocycles. The van der Waals surface area contributed by atoms with Crippen LogP contribution in [0.3, 0.4) is 0 Å². The van der Waals surface area contributed by atoms with E-state index in [1.165, 1.54) is 24.3 Å². The zero-order valence-corrected chi connectivity index (χ0v) is 15.4. The highest BCUT2D eigenvalue weighted by Crippen LogP contribution is 2.43. The molecule has 0 radical (unpaired) electrons. The average molecular weight is 402 g/mol. The number of carboxylic acids is 2. The van der Waals surface area contributed by atoms with Crippen LogP contribution in [-0.2, 0) is 15.0 Å². The van der Waals surface area contributed by atoms with Crippen molar-refractivity contribution < 1.29 is 28.6 Å². The van der Waals surface area contributed by atoms with Crippen LogP contribution in [0.5, 0.6) is 0 Å². The number of benzene rings is 2. The van der Waals surface area contributed by atoms with Crippen molar-refractivity contribution in [2.75, 3.05) is 13.1 Å². The van der Waals surface area contributed by atoms with Crippen molar-refractivity contribution >= 4 is 11.9 Å². The largest absolute Gasteiger partial charge is 0.473 e. The number of piperidine rings is 1. The first kappa shape index (κ1) is 22.0. The molecular weight excluding hydrogens is 382 g/mol. The summed E-state index contributed by atoms with van der Waals surface area (Å²) in [5.74, 6) is -4.20. The van der Waals surface area contributed by atoms with Gasteiger partial charge >= 0.3 is 11.9 Å². The maximum Gasteiger partial charge on any atom is 0.414 e. The normalized spacial score (nSPS) is 14.2. The third-order valence-corrected chi connectivity index (χ3v) is 4.91. The van der Waals surface area contributed by atoms with Gasteiger partial charge in [0.25, 0.3) is 0 Å². The van der Waals surface area contributed by atoms with Crippen LogP contribution in [0.4, 0.5) is 8.78 Å². The number of nitrogens with one attached hydrogen (secondary N) is 1. The number of hydrogen-bond acceptors (Lipinski definition) is 4. The van der Waals surface area contributed by atoms with Crippen LogP contribution in [0.25, 0.3) is 0 Å². The fourth-order valence-electron chi connectivity index (χ4n) is 3.54. The van der Waals surface area contributed by atoms with Gasteiger partial charge in [0.05, 0.1) is 6.07 Å². The molecule has 2 aromatic rings. The lowest BCUT2D eigenvalue weighted by Gasteiger charge is -2.38. The van der Waals surface area contributed by atoms with Gasteiger partial charge in [-0.05, 0) is 67.2 Å². The summed E-state index contributed by atoms with van der Waals surface area (Å²) in [6.45, 7) is 1.69. The second kappa shape index (κ2) is 9.75. The number of carboxylic acid groups (broad SMARTS) is 2. The second-order valence-electron chi connectivity index (χ2n) is 6.57. The second-order valence-corrected chi connectivity index (χ2v) is 6.57. The molecule has 0 amide bonds. The molecular formula is C21H20F2N2O4. The Hall–Kier alpha value is -3.31. The van der Waals surface area contributed by atoms with E-state index in [1.807, 2.05) is 0 Å². The number of nitriles is 1. The minimum absolute atomic E-state index is 0.102. The summed E-state index contributed by atoms with van der Waals surface area (Å²) in [5, 5.41) is 28.2. The Balaban J connectivity index is 0.000000438. The van der Waals surface area contributed by atoms with Gasteiger partial charge in [-0.2, -0.15) is 5.26 Å². The van der Waals surface area contributed by atoms with Crippen LogP contribution in [-0.4, -0.2) is 35.2 Å². The van der Waals surface area contributed by atoms with Gasteiger partial charge in [0.1, 0.15) is 17.0 Å². The minimum atomic E-state index is -1.82. The third-order valence-electron chi connectivity index (χ3n) is 4.91. The average Bonchev–Trinajstić information content (AvgIpc) is 2.72. The molecule has 0 bridgehead atoms. The van der Waals surface area contributed by atoms with Crippen molar-refractivity contribution in [2.24, 2.45) is 5.92 Å². The van der Waals surface area contributed by atoms with E-state index in [-0.39, 0.29) is 17.6 Å². The summed E-state index contributed by atoms with van der Waals surface area (Å²) in [7, 11) is 0. The molecule has 0 atom stereocenters. The molecule has 6 nitrogen and oxygen atoms in total. The zero-order chi connectivity index (χ0) is 21.4. The predicted molar refractivity (Wildman–Crippen MR) is 100 cm³/mol. The number of rotatable bonds is 3. The summed E-state index contributed by atoms with van der Waals surface area (Å²) in [6.07, 6.45) is 1.70. The van der Waals surface area contributed by atoms with Crippen LogP contribution in [0.2, 0.25) is 0 Å². The third kappa shape index (κ3) is 5.15. The molecule has 1 saturated heterocycles. The van der Waals surface area contributed by atoms with Crippen molar-refractivity contribution in [3.05, 3.63) is 71.3 Å². The van der Waals surface area contributed by atoms with Crippen molar-refractivity contribution in [3.8, 4) is 6.07 Å². The van der Waals surface area contributed by atoms with E-state index in [1.54, 1.807) is 24.3 Å². The van der Waals surface area contributed by atoms with E-state index >= 15 is 0 Å². The van der Waals surface area contributed by atoms with Crippen LogP contribution in [0, 0.1) is 28.9 Å². The highest BCUT2D eigenvalue weighted by atomic mass is 19.1. The predicted octanol–water partition coefficient (Wildman–Crippen LogP) is 2.93. The summed E-state index contributed by atoms with van der Waals surface area (Å²) in [4.78, 5) is 18.2. The fraction of sp³-hybridized carbons (Fsp3) is 0.286. The first-order valence-electron chi connectivity index (χ1n) is 8.91. The highest BCUT2D eigenvalue weighted by Gasteiger charge is 2.42. The summed E-state index contributed by atoms with van der Waals surface area (Å²) >= 11 is 0. The van der Waals surface area contributed by atoms with E-state index in [4.69, 9.17) is 19.8 Å². The van der Waals surface area contributed by atoms with Gasteiger partial charge in [0.15, 0.2) is 0 Å². The van der Waals surface area contributed by atoms with E-state index < -0.39 is 17.4 Å². The molecule has 0 aromatic heterocycles. The smallest absolute Gasteiger partial charge is 0.414 e. The molecule has 1 aliphatic rings. The van der Waals surface area contributed by atoms with Crippen LogP contribution in [0.1, 0.15) is 24.0 Å². The Morgan fingerprint density at radius 3 is 1.59 bits per heavy atom. The number of hydrogen-bond donors (Lipinski definition) is 3. The van der Waals surface area contributed by atoms with E-state index in [2.05, 4.69) is 11.4 Å². The number of nitrogens with zero attached hydrogens (tertiary/aromatic N) is 1. The molecule has 152 valence electrons. The van der Waals surface area contributed by atoms with Crippen LogP contribution >= 0.6 is 0 Å². The number of halogens is 2. The van der Waals surface area contributed by atoms with Crippen molar-refractivity contribution in [1.82, 2.24) is 5.32 Å². The maximum absolute atomic E-state index is 13.3. The lowest BCUT2D eigenvalue weighted by Crippen LogP contribution is -2.41. The van der Waals surface area contributed by atoms with Gasteiger partial charge in [-0.15, -0.1) is 0 Å². The van der Waals surface area contributed by atoms with Crippen molar-refractivity contribution in [2.45, 2.75) is 18.3 Å². The Labute approximate surface area is 166 Å². The summed E-state index contributed by atoms with van der Waals surface area (Å²) in [6, 6.07) is 14.7. The molecule has 8 heteroatoms. The lowest BCUT2D eigenvalue weighted by atomic mass is 9.64. The monoisotopic (exact) mass is 402 g/mol. The molecule has 2 aromatic carbocycles. The number of aliphatic carboxylic acids is 2. The quantitative estimate of drug-likeness (QED) is 0.681. The Bertz CT molecular complexity index is 829. The molecule has 3 N–H and O–H groups in total. The molecule has 1 fully saturated rings. The molecule has 0 spiro atoms. The van der Waals surface area contributed by atoms with E-state index in [9.17, 15) is 14.0 Å². The van der Waals surface area contributed by atoms with E-state index in [0.29, 0.717) is 0 Å². The van der Waals surface area contributed by atoms with Gasteiger partial charge in [-0.1, -0.05) is 24.3 Å². The van der Waals surface area contributed by atoms with Gasteiger partial charge in [0.2, 0.25) is 0 Å². The number of carbonyl (C=O) groups is 2. The van der Waals surface area contributed by atoms with Gasteiger partial charge < -0.3 is 15.5 Å². The summed E-state index contributed by atoms with van der Waals surface area (Å²) in [5.41, 5.74) is 0.642. The molecule has 29 heavy (non-hydrogen) atoms. The molecule has 1 aliphatic heterocycles. The summed E-state index contributed by atoms with van der Waals surface area (Å²) < 4.78 is 26.7. The zero-order valence-electron chi connectivity index (χ0n) is 15.4. The van der Waals surface area contributed by atoms with Gasteiger partial charge in [0, 0.05) is 0 Å². The van der Waals surface area contributed by atoms with Gasteiger partial charge in [-0.3, -0.25) is 0 Å². The topological polar surface area (TPSA) is 110 Å². The lowest BCUT2D eigenvalue weighted by molar-refractivity contribution is -0.159. The van der Waals surface area contributed by atoms with Crippen LogP contribution in [0.15, 0.2) is 48.5 Å².